The molecule has 0 unspecified atom stereocenters. The van der Waals surface area contributed by atoms with Crippen molar-refractivity contribution < 1.29 is 86.0 Å². The summed E-state index contributed by atoms with van der Waals surface area (Å²) in [5.74, 6) is -11.6. The zero-order valence-corrected chi connectivity index (χ0v) is 51.0. The number of phenolic OH excluding ortho intramolecular Hbond substituents is 1. The number of amides is 11. The molecule has 2 aliphatic rings. The Morgan fingerprint density at radius 2 is 1.37 bits per heavy atom. The number of carbonyl (C=O) groups excluding carboxylic acids is 11. The third-order valence-corrected chi connectivity index (χ3v) is 14.5. The molecule has 93 heavy (non-hydrogen) atoms. The van der Waals surface area contributed by atoms with Gasteiger partial charge in [0.15, 0.2) is 5.96 Å². The van der Waals surface area contributed by atoms with E-state index in [-0.39, 0.29) is 94.4 Å². The highest BCUT2D eigenvalue weighted by Gasteiger charge is 2.40. The molecule has 2 fully saturated rings. The van der Waals surface area contributed by atoms with E-state index < -0.39 is 139 Å². The number of nitrogens with one attached hydrogen (secondary N) is 10. The number of guanidine groups is 1. The smallest absolute Gasteiger partial charge is 0.490 e. The van der Waals surface area contributed by atoms with Crippen LogP contribution in [0, 0.1) is 5.92 Å². The molecule has 32 nitrogen and oxygen atoms in total. The number of aliphatic imine (C=N–C) groups is 1. The molecule has 35 heteroatoms. The van der Waals surface area contributed by atoms with Crippen molar-refractivity contribution in [1.82, 2.24) is 67.3 Å². The van der Waals surface area contributed by atoms with Crippen molar-refractivity contribution in [3.05, 3.63) is 84.1 Å². The van der Waals surface area contributed by atoms with Crippen LogP contribution in [-0.4, -0.2) is 199 Å². The fourth-order valence-corrected chi connectivity index (χ4v) is 9.96. The fraction of sp³-hybridized carbons (Fsp3) is 0.483. The van der Waals surface area contributed by atoms with Gasteiger partial charge in [0.1, 0.15) is 54.1 Å². The highest BCUT2D eigenvalue weighted by atomic mass is 19.4. The van der Waals surface area contributed by atoms with Crippen molar-refractivity contribution in [2.24, 2.45) is 35.2 Å². The van der Waals surface area contributed by atoms with E-state index >= 15 is 0 Å². The summed E-state index contributed by atoms with van der Waals surface area (Å²) >= 11 is 0. The number of hydrogen-bond donors (Lipinski definition) is 16. The van der Waals surface area contributed by atoms with Crippen molar-refractivity contribution in [3.63, 3.8) is 0 Å². The summed E-state index contributed by atoms with van der Waals surface area (Å²) in [6.07, 6.45) is 0.469. The zero-order chi connectivity index (χ0) is 68.7. The maximum Gasteiger partial charge on any atom is 0.490 e. The summed E-state index contributed by atoms with van der Waals surface area (Å²) in [7, 11) is 1.71. The maximum atomic E-state index is 14.5. The number of halogens is 3. The molecule has 19 N–H and O–H groups in total. The number of nitrogens with zero attached hydrogens (tertiary/aromatic N) is 4. The Morgan fingerprint density at radius 3 is 1.96 bits per heavy atom. The molecule has 0 aliphatic carbocycles. The average Bonchev–Trinajstić information content (AvgIpc) is 1.86. The third-order valence-electron chi connectivity index (χ3n) is 14.5. The Labute approximate surface area is 529 Å². The number of H-pyrrole nitrogens is 1. The number of para-hydroxylation sites is 1. The number of aromatic amines is 1. The molecular weight excluding hydrogens is 1230 g/mol. The van der Waals surface area contributed by atoms with Gasteiger partial charge in [0, 0.05) is 69.1 Å². The molecule has 4 aromatic rings. The first-order valence-electron chi connectivity index (χ1n) is 29.4. The van der Waals surface area contributed by atoms with E-state index in [9.17, 15) is 76.1 Å². The van der Waals surface area contributed by atoms with E-state index in [2.05, 4.69) is 62.8 Å². The lowest BCUT2D eigenvalue weighted by Gasteiger charge is -2.30. The second-order valence-corrected chi connectivity index (χ2v) is 22.4. The van der Waals surface area contributed by atoms with Gasteiger partial charge in [-0.2, -0.15) is 13.2 Å². The molecule has 6 rings (SSSR count). The van der Waals surface area contributed by atoms with E-state index in [1.807, 2.05) is 0 Å². The number of alkyl halides is 3. The Balaban J connectivity index is 0.00000211. The van der Waals surface area contributed by atoms with E-state index in [0.29, 0.717) is 34.1 Å². The summed E-state index contributed by atoms with van der Waals surface area (Å²) in [6, 6.07) is 2.37. The first-order valence-corrected chi connectivity index (χ1v) is 29.4. The van der Waals surface area contributed by atoms with E-state index in [1.54, 1.807) is 62.1 Å². The summed E-state index contributed by atoms with van der Waals surface area (Å²) in [5.41, 5.74) is 18.3. The van der Waals surface area contributed by atoms with Gasteiger partial charge >= 0.3 is 12.1 Å². The molecule has 506 valence electrons. The number of fused-ring (bicyclic) bond motifs is 1. The number of aryl methyl sites for hydroxylation is 1. The van der Waals surface area contributed by atoms with Crippen LogP contribution in [0.3, 0.4) is 0 Å². The zero-order valence-electron chi connectivity index (χ0n) is 51.0. The number of aromatic hydroxyl groups is 1. The second kappa shape index (κ2) is 34.7. The van der Waals surface area contributed by atoms with Gasteiger partial charge in [0.05, 0.1) is 31.7 Å². The number of carbonyl (C=O) groups is 12. The van der Waals surface area contributed by atoms with Gasteiger partial charge in [-0.1, -0.05) is 44.2 Å². The number of imidazole rings is 1. The number of benzene rings is 2. The van der Waals surface area contributed by atoms with Crippen molar-refractivity contribution >= 4 is 87.8 Å². The predicted molar refractivity (Wildman–Crippen MR) is 324 cm³/mol. The molecule has 2 saturated heterocycles. The quantitative estimate of drug-likeness (QED) is 0.0131. The minimum Gasteiger partial charge on any atom is -0.508 e. The molecular formula is C58H78F3N17O15. The molecule has 8 atom stereocenters. The largest absolute Gasteiger partial charge is 0.508 e. The first-order chi connectivity index (χ1) is 43.9. The van der Waals surface area contributed by atoms with Crippen LogP contribution in [0.15, 0.2) is 72.2 Å². The Kier molecular flexibility index (Phi) is 27.4. The number of aliphatic hydroxyl groups is 1. The molecule has 0 spiro atoms. The van der Waals surface area contributed by atoms with Gasteiger partial charge in [-0.3, -0.25) is 57.7 Å². The number of carboxylic acid groups (broad SMARTS) is 1. The Bertz CT molecular complexity index is 3350. The van der Waals surface area contributed by atoms with Gasteiger partial charge in [-0.25, -0.2) is 9.78 Å². The van der Waals surface area contributed by atoms with Crippen molar-refractivity contribution in [3.8, 4) is 5.75 Å². The van der Waals surface area contributed by atoms with Crippen LogP contribution in [0.5, 0.6) is 5.75 Å². The van der Waals surface area contributed by atoms with Gasteiger partial charge in [-0.05, 0) is 73.8 Å². The molecule has 2 aromatic carbocycles. The number of hydrogen-bond acceptors (Lipinski definition) is 16. The summed E-state index contributed by atoms with van der Waals surface area (Å²) in [5, 5.41) is 51.7. The minimum atomic E-state index is -5.08. The number of phenols is 1. The van der Waals surface area contributed by atoms with E-state index in [0.717, 1.165) is 0 Å². The number of carboxylic acids is 1. The number of nitrogens with two attached hydrogens (primary N) is 3. The lowest BCUT2D eigenvalue weighted by atomic mass is 10.0. The molecule has 0 radical (unpaired) electrons. The van der Waals surface area contributed by atoms with Gasteiger partial charge in [-0.15, -0.1) is 0 Å². The Morgan fingerprint density at radius 1 is 0.753 bits per heavy atom. The maximum absolute atomic E-state index is 14.5. The van der Waals surface area contributed by atoms with Crippen LogP contribution in [0.4, 0.5) is 13.2 Å². The molecule has 4 heterocycles. The van der Waals surface area contributed by atoms with Crippen LogP contribution >= 0.6 is 0 Å². The average molecular weight is 1310 g/mol. The van der Waals surface area contributed by atoms with Crippen molar-refractivity contribution in [2.45, 2.75) is 133 Å². The number of aliphatic carboxylic acids is 1. The molecule has 11 amide bonds. The number of aliphatic hydroxyl groups excluding tert-OH is 1. The molecule has 2 aliphatic heterocycles. The lowest BCUT2D eigenvalue weighted by molar-refractivity contribution is -0.192. The van der Waals surface area contributed by atoms with Gasteiger partial charge < -0.3 is 94.8 Å². The number of rotatable bonds is 31. The van der Waals surface area contributed by atoms with Crippen LogP contribution < -0.4 is 65.1 Å². The SMILES string of the molecule is CC(C)C[C@H](NC(=O)CNC(=O)[C@H](Cc1ccc(O)cc1)NC(=O)[C@H](CO)NC(=O)[C@H](Cc1c[nH]c2ccccc12)NC(=O)[C@H](Cc1cn(C)cn1)NC(=O)[C@@H]1CCC(=O)N1)C(=O)N[C@@H](CCCN=C(N)N)C(=O)N1CCC[C@H]1C(=O)NCC(N)=O.O=C(O)C(F)(F)F. The predicted octanol–water partition coefficient (Wildman–Crippen LogP) is -3.74. The lowest BCUT2D eigenvalue weighted by Crippen LogP contribution is -2.60. The molecule has 0 saturated carbocycles. The Hall–Kier alpha value is -10.3. The van der Waals surface area contributed by atoms with Crippen LogP contribution in [0.2, 0.25) is 0 Å². The number of primary amides is 1. The number of likely N-dealkylation sites (tertiary alicyclic amines) is 1. The molecule has 2 aromatic heterocycles. The van der Waals surface area contributed by atoms with Crippen molar-refractivity contribution in [2.75, 3.05) is 32.8 Å². The van der Waals surface area contributed by atoms with E-state index in [4.69, 9.17) is 27.1 Å². The normalized spacial score (nSPS) is 16.3. The third kappa shape index (κ3) is 23.4. The van der Waals surface area contributed by atoms with Gasteiger partial charge in [0.25, 0.3) is 0 Å². The monoisotopic (exact) mass is 1310 g/mol. The highest BCUT2D eigenvalue weighted by molar-refractivity contribution is 5.99. The fourth-order valence-electron chi connectivity index (χ4n) is 9.96. The highest BCUT2D eigenvalue weighted by Crippen LogP contribution is 2.22. The summed E-state index contributed by atoms with van der Waals surface area (Å²) in [6.45, 7) is 1.62. The molecule has 0 bridgehead atoms. The minimum absolute atomic E-state index is 0.0156. The summed E-state index contributed by atoms with van der Waals surface area (Å²) in [4.78, 5) is 170. The van der Waals surface area contributed by atoms with Crippen molar-refractivity contribution in [1.29, 1.82) is 0 Å². The first kappa shape index (κ1) is 73.4. The number of aromatic nitrogens is 3. The van der Waals surface area contributed by atoms with Crippen LogP contribution in [-0.2, 0) is 83.8 Å². The standard InChI is InChI=1S/C56H77N17O13.C2HF3O2/c1-30(2)20-39(50(81)67-38(10-6-18-60-56(58)59)55(86)73-19-7-11-44(73)54(85)62-25-45(57)76)66-47(78)26-63-48(79)40(21-31-12-14-34(75)15-13-31)68-53(84)43(28-74)71-51(82)41(22-32-24-61-36-9-5-4-8-35(32)36)69-52(83)42(23-33-27-72(3)29-64-33)70-49(80)37-16-17-46(77)65-37;3-2(4,5)1(6)7/h4-5,8-9,12-15,24,27,29-30,37-44,61,74-75H,6-7,10-11,16-23,25-26,28H2,1-3H3,(H2,57,76)(H,62,85)(H,63,79)(H,65,77)(H,66,78)(H,67,81)(H,68,84)(H,69,83)(H,70,80)(H,71,82)(H4,58,59,60);(H,6,7)/t37-,38-,39-,40-,41-,42-,43-,44-;/m0./s1. The topological polar surface area (TPSA) is 501 Å². The van der Waals surface area contributed by atoms with Crippen LogP contribution in [0.25, 0.3) is 10.9 Å². The van der Waals surface area contributed by atoms with Crippen LogP contribution in [0.1, 0.15) is 75.6 Å². The van der Waals surface area contributed by atoms with E-state index in [1.165, 1.54) is 35.5 Å². The summed E-state index contributed by atoms with van der Waals surface area (Å²) < 4.78 is 33.4. The second-order valence-electron chi connectivity index (χ2n) is 22.4. The van der Waals surface area contributed by atoms with Gasteiger partial charge in [0.2, 0.25) is 65.0 Å².